The van der Waals surface area contributed by atoms with Crippen molar-refractivity contribution in [3.63, 3.8) is 0 Å². The van der Waals surface area contributed by atoms with Gasteiger partial charge in [0, 0.05) is 6.42 Å². The van der Waals surface area contributed by atoms with Gasteiger partial charge in [0.25, 0.3) is 0 Å². The van der Waals surface area contributed by atoms with Crippen LogP contribution in [0.2, 0.25) is 0 Å². The van der Waals surface area contributed by atoms with E-state index in [0.717, 1.165) is 0 Å². The van der Waals surface area contributed by atoms with E-state index >= 15 is 0 Å². The summed E-state index contributed by atoms with van der Waals surface area (Å²) in [5.74, 6) is -1.24. The van der Waals surface area contributed by atoms with Gasteiger partial charge in [-0.15, -0.1) is 6.58 Å². The minimum absolute atomic E-state index is 0.0497. The van der Waals surface area contributed by atoms with Gasteiger partial charge in [0.2, 0.25) is 0 Å². The van der Waals surface area contributed by atoms with Crippen LogP contribution in [-0.2, 0) is 10.8 Å². The van der Waals surface area contributed by atoms with Gasteiger partial charge in [-0.2, -0.15) is 8.78 Å². The lowest BCUT2D eigenvalue weighted by molar-refractivity contribution is -0.228. The molecule has 0 radical (unpaired) electrons. The number of ether oxygens (including phenoxy) is 2. The zero-order chi connectivity index (χ0) is 16.2. The Kier molecular flexibility index (Phi) is 4.96. The molecule has 118 valence electrons. The molecule has 0 fully saturated rings. The molecule has 0 saturated heterocycles. The average molecular weight is 310 g/mol. The number of fused-ring (bicyclic) bond motifs is 1. The first-order chi connectivity index (χ1) is 10.5. The van der Waals surface area contributed by atoms with Crippen LogP contribution in [0.4, 0.5) is 13.2 Å². The molecule has 0 bridgehead atoms. The van der Waals surface area contributed by atoms with Crippen LogP contribution in [0.15, 0.2) is 42.7 Å². The molecule has 0 atom stereocenters. The Bertz CT molecular complexity index is 619. The van der Waals surface area contributed by atoms with E-state index in [2.05, 4.69) is 11.3 Å². The Morgan fingerprint density at radius 3 is 2.82 bits per heavy atom. The third kappa shape index (κ3) is 3.35. The summed E-state index contributed by atoms with van der Waals surface area (Å²) in [6, 6.07) is 2.76. The first-order valence-electron chi connectivity index (χ1n) is 6.95. The fraction of sp³-hybridized carbons (Fsp3) is 0.294. The fourth-order valence-electron chi connectivity index (χ4n) is 2.16. The predicted octanol–water partition coefficient (Wildman–Crippen LogP) is 5.17. The van der Waals surface area contributed by atoms with Crippen LogP contribution < -0.4 is 4.74 Å². The molecule has 0 aromatic heterocycles. The highest BCUT2D eigenvalue weighted by Crippen LogP contribution is 2.43. The van der Waals surface area contributed by atoms with Gasteiger partial charge in [0.1, 0.15) is 11.3 Å². The molecule has 0 spiro atoms. The normalized spacial score (nSPS) is 15.9. The summed E-state index contributed by atoms with van der Waals surface area (Å²) >= 11 is 0. The summed E-state index contributed by atoms with van der Waals surface area (Å²) in [6.07, 6.45) is 3.51. The maximum absolute atomic E-state index is 14.3. The van der Waals surface area contributed by atoms with Crippen LogP contribution in [0.5, 0.6) is 5.75 Å². The molecule has 0 aliphatic carbocycles. The topological polar surface area (TPSA) is 18.5 Å². The number of halogens is 3. The van der Waals surface area contributed by atoms with Gasteiger partial charge >= 0.3 is 6.11 Å². The number of allylic oxidation sites excluding steroid dienone is 2. The fourth-order valence-corrected chi connectivity index (χ4v) is 2.16. The van der Waals surface area contributed by atoms with E-state index in [0.29, 0.717) is 6.42 Å². The monoisotopic (exact) mass is 310 g/mol. The molecule has 1 heterocycles. The molecule has 2 rings (SSSR count). The lowest BCUT2D eigenvalue weighted by Gasteiger charge is -2.26. The molecule has 2 nitrogen and oxygen atoms in total. The Morgan fingerprint density at radius 1 is 1.36 bits per heavy atom. The quantitative estimate of drug-likeness (QED) is 0.533. The first-order valence-corrected chi connectivity index (χ1v) is 6.95. The van der Waals surface area contributed by atoms with Gasteiger partial charge < -0.3 is 9.47 Å². The second-order valence-electron chi connectivity index (χ2n) is 4.77. The number of rotatable bonds is 6. The summed E-state index contributed by atoms with van der Waals surface area (Å²) in [5.41, 5.74) is -0.699. The maximum Gasteiger partial charge on any atom is 0.430 e. The van der Waals surface area contributed by atoms with Gasteiger partial charge in [-0.25, -0.2) is 4.39 Å². The van der Waals surface area contributed by atoms with Gasteiger partial charge in [-0.3, -0.25) is 0 Å². The highest BCUT2D eigenvalue weighted by atomic mass is 19.3. The zero-order valence-corrected chi connectivity index (χ0v) is 12.2. The summed E-state index contributed by atoms with van der Waals surface area (Å²) in [7, 11) is 0. The summed E-state index contributed by atoms with van der Waals surface area (Å²) < 4.78 is 52.2. The van der Waals surface area contributed by atoms with Crippen molar-refractivity contribution in [3.05, 3.63) is 59.6 Å². The molecule has 0 amide bonds. The third-order valence-electron chi connectivity index (χ3n) is 3.13. The molecule has 0 unspecified atom stereocenters. The molecule has 1 aromatic rings. The van der Waals surface area contributed by atoms with Crippen LogP contribution in [0.3, 0.4) is 0 Å². The second kappa shape index (κ2) is 6.73. The van der Waals surface area contributed by atoms with Crippen molar-refractivity contribution < 1.29 is 22.6 Å². The smallest absolute Gasteiger partial charge is 0.430 e. The van der Waals surface area contributed by atoms with Crippen LogP contribution in [-0.4, -0.2) is 6.61 Å². The van der Waals surface area contributed by atoms with Gasteiger partial charge in [0.15, 0.2) is 11.6 Å². The molecule has 0 N–H and O–H groups in total. The molecule has 1 aliphatic rings. The summed E-state index contributed by atoms with van der Waals surface area (Å²) in [6.45, 7) is 5.54. The minimum Gasteiger partial charge on any atom is -0.490 e. The van der Waals surface area contributed by atoms with Gasteiger partial charge in [-0.1, -0.05) is 24.3 Å². The minimum atomic E-state index is -3.73. The standard InChI is InChI=1S/C17H17F3O2/c1-3-5-6-10-21-14-9-8-12-11-13(7-4-2)22-17(19,20)15(12)16(14)18/h3-5,8-9,11H,2,6-7,10H2,1H3/b5-3+. The molecular weight excluding hydrogens is 293 g/mol. The van der Waals surface area contributed by atoms with Crippen molar-refractivity contribution in [2.75, 3.05) is 6.61 Å². The van der Waals surface area contributed by atoms with E-state index in [-0.39, 0.29) is 30.1 Å². The summed E-state index contributed by atoms with van der Waals surface area (Å²) in [4.78, 5) is 0. The molecule has 5 heteroatoms. The zero-order valence-electron chi connectivity index (χ0n) is 12.2. The second-order valence-corrected chi connectivity index (χ2v) is 4.77. The molecule has 0 saturated carbocycles. The lowest BCUT2D eigenvalue weighted by atomic mass is 10.0. The first kappa shape index (κ1) is 16.2. The van der Waals surface area contributed by atoms with E-state index < -0.39 is 17.5 Å². The Balaban J connectivity index is 2.32. The Labute approximate surface area is 127 Å². The highest BCUT2D eigenvalue weighted by Gasteiger charge is 2.43. The molecule has 1 aromatic carbocycles. The van der Waals surface area contributed by atoms with E-state index in [4.69, 9.17) is 4.74 Å². The van der Waals surface area contributed by atoms with Gasteiger partial charge in [0.05, 0.1) is 6.61 Å². The SMILES string of the molecule is C=CCC1=Cc2ccc(OCC/C=C/C)c(F)c2C(F)(F)O1. The van der Waals surface area contributed by atoms with Crippen molar-refractivity contribution in [2.24, 2.45) is 0 Å². The molecular formula is C17H17F3O2. The van der Waals surface area contributed by atoms with Crippen LogP contribution in [0, 0.1) is 5.82 Å². The molecule has 1 aliphatic heterocycles. The number of alkyl halides is 2. The van der Waals surface area contributed by atoms with Crippen LogP contribution in [0.25, 0.3) is 6.08 Å². The van der Waals surface area contributed by atoms with Crippen molar-refractivity contribution in [1.29, 1.82) is 0 Å². The van der Waals surface area contributed by atoms with Crippen molar-refractivity contribution in [3.8, 4) is 5.75 Å². The third-order valence-corrected chi connectivity index (χ3v) is 3.13. The van der Waals surface area contributed by atoms with E-state index in [1.165, 1.54) is 24.3 Å². The summed E-state index contributed by atoms with van der Waals surface area (Å²) in [5, 5.41) is 0. The highest BCUT2D eigenvalue weighted by molar-refractivity contribution is 5.61. The predicted molar refractivity (Wildman–Crippen MR) is 79.1 cm³/mol. The lowest BCUT2D eigenvalue weighted by Crippen LogP contribution is -2.24. The van der Waals surface area contributed by atoms with E-state index in [1.807, 2.05) is 19.1 Å². The van der Waals surface area contributed by atoms with Gasteiger partial charge in [-0.05, 0) is 31.1 Å². The molecule has 22 heavy (non-hydrogen) atoms. The van der Waals surface area contributed by atoms with E-state index in [1.54, 1.807) is 0 Å². The Hall–Kier alpha value is -2.17. The maximum atomic E-state index is 14.3. The largest absolute Gasteiger partial charge is 0.490 e. The van der Waals surface area contributed by atoms with Crippen LogP contribution >= 0.6 is 0 Å². The van der Waals surface area contributed by atoms with Crippen molar-refractivity contribution in [2.45, 2.75) is 25.9 Å². The average Bonchev–Trinajstić information content (AvgIpc) is 2.44. The van der Waals surface area contributed by atoms with Crippen LogP contribution in [0.1, 0.15) is 30.9 Å². The number of hydrogen-bond acceptors (Lipinski definition) is 2. The number of hydrogen-bond donors (Lipinski definition) is 0. The van der Waals surface area contributed by atoms with Crippen molar-refractivity contribution >= 4 is 6.08 Å². The van der Waals surface area contributed by atoms with E-state index in [9.17, 15) is 13.2 Å². The van der Waals surface area contributed by atoms with Crippen molar-refractivity contribution in [1.82, 2.24) is 0 Å². The Morgan fingerprint density at radius 2 is 2.14 bits per heavy atom. The number of benzene rings is 1.